The number of nitrogens with one attached hydrogen (secondary N) is 1. The van der Waals surface area contributed by atoms with E-state index in [-0.39, 0.29) is 5.54 Å². The molecule has 1 atom stereocenters. The molecule has 98 valence electrons. The Bertz CT molecular complexity index is 285. The first-order chi connectivity index (χ1) is 7.93. The van der Waals surface area contributed by atoms with Crippen LogP contribution in [0.3, 0.4) is 0 Å². The molecule has 4 heteroatoms. The van der Waals surface area contributed by atoms with Crippen LogP contribution in [0.5, 0.6) is 0 Å². The van der Waals surface area contributed by atoms with Gasteiger partial charge in [-0.3, -0.25) is 10.2 Å². The zero-order valence-corrected chi connectivity index (χ0v) is 11.5. The predicted molar refractivity (Wildman–Crippen MR) is 68.8 cm³/mol. The summed E-state index contributed by atoms with van der Waals surface area (Å²) in [7, 11) is 0. The summed E-state index contributed by atoms with van der Waals surface area (Å²) in [4.78, 5) is 2.35. The fraction of sp³-hybridized carbons (Fsp3) is 0.923. The van der Waals surface area contributed by atoms with Crippen molar-refractivity contribution in [3.8, 4) is 6.07 Å². The summed E-state index contributed by atoms with van der Waals surface area (Å²) in [6.45, 7) is 12.5. The van der Waals surface area contributed by atoms with E-state index in [4.69, 9.17) is 4.74 Å². The highest BCUT2D eigenvalue weighted by atomic mass is 16.5. The number of ether oxygens (including phenoxy) is 1. The van der Waals surface area contributed by atoms with E-state index in [1.807, 2.05) is 6.92 Å². The summed E-state index contributed by atoms with van der Waals surface area (Å²) in [5, 5.41) is 12.7. The minimum absolute atomic E-state index is 0.0181. The average Bonchev–Trinajstić information content (AvgIpc) is 2.29. The first-order valence-electron chi connectivity index (χ1n) is 6.42. The van der Waals surface area contributed by atoms with Crippen LogP contribution in [0.2, 0.25) is 0 Å². The SMILES string of the molecule is CCCNC(C)(C#N)CN1CCOCC1(C)C. The summed E-state index contributed by atoms with van der Waals surface area (Å²) in [6.07, 6.45) is 1.05. The molecule has 0 amide bonds. The van der Waals surface area contributed by atoms with Crippen molar-refractivity contribution in [2.45, 2.75) is 45.2 Å². The highest BCUT2D eigenvalue weighted by Crippen LogP contribution is 2.21. The molecule has 4 nitrogen and oxygen atoms in total. The van der Waals surface area contributed by atoms with E-state index in [9.17, 15) is 5.26 Å². The van der Waals surface area contributed by atoms with E-state index < -0.39 is 5.54 Å². The van der Waals surface area contributed by atoms with Gasteiger partial charge in [0.1, 0.15) is 5.54 Å². The van der Waals surface area contributed by atoms with Gasteiger partial charge >= 0.3 is 0 Å². The van der Waals surface area contributed by atoms with Gasteiger partial charge in [-0.1, -0.05) is 6.92 Å². The molecule has 1 rings (SSSR count). The van der Waals surface area contributed by atoms with Gasteiger partial charge in [-0.15, -0.1) is 0 Å². The van der Waals surface area contributed by atoms with Gasteiger partial charge in [0.05, 0.1) is 19.3 Å². The molecular formula is C13H25N3O. The Hall–Kier alpha value is -0.630. The van der Waals surface area contributed by atoms with E-state index in [1.165, 1.54) is 0 Å². The third-order valence-corrected chi connectivity index (χ3v) is 3.34. The van der Waals surface area contributed by atoms with Crippen LogP contribution in [0.15, 0.2) is 0 Å². The Labute approximate surface area is 105 Å². The van der Waals surface area contributed by atoms with E-state index in [1.54, 1.807) is 0 Å². The highest BCUT2D eigenvalue weighted by Gasteiger charge is 2.36. The largest absolute Gasteiger partial charge is 0.378 e. The maximum Gasteiger partial charge on any atom is 0.116 e. The summed E-state index contributed by atoms with van der Waals surface area (Å²) < 4.78 is 5.50. The van der Waals surface area contributed by atoms with Crippen molar-refractivity contribution >= 4 is 0 Å². The zero-order valence-electron chi connectivity index (χ0n) is 11.5. The Morgan fingerprint density at radius 3 is 2.76 bits per heavy atom. The molecule has 17 heavy (non-hydrogen) atoms. The molecule has 0 aliphatic carbocycles. The van der Waals surface area contributed by atoms with Gasteiger partial charge in [0.25, 0.3) is 0 Å². The number of morpholine rings is 1. The standard InChI is InChI=1S/C13H25N3O/c1-5-6-15-13(4,9-14)10-16-7-8-17-11-12(16,2)3/h15H,5-8,10-11H2,1-4H3. The predicted octanol–water partition coefficient (Wildman–Crippen LogP) is 1.38. The van der Waals surface area contributed by atoms with Crippen molar-refractivity contribution in [3.05, 3.63) is 0 Å². The summed E-state index contributed by atoms with van der Waals surface area (Å²) in [5.74, 6) is 0. The minimum atomic E-state index is -0.468. The average molecular weight is 239 g/mol. The second kappa shape index (κ2) is 5.81. The normalized spacial score (nSPS) is 23.9. The Morgan fingerprint density at radius 2 is 2.24 bits per heavy atom. The van der Waals surface area contributed by atoms with Crippen molar-refractivity contribution in [2.75, 3.05) is 32.8 Å². The van der Waals surface area contributed by atoms with E-state index in [0.717, 1.165) is 39.3 Å². The van der Waals surface area contributed by atoms with Gasteiger partial charge in [0.2, 0.25) is 0 Å². The highest BCUT2D eigenvalue weighted by molar-refractivity contribution is 5.07. The van der Waals surface area contributed by atoms with Gasteiger partial charge in [-0.25, -0.2) is 0 Å². The summed E-state index contributed by atoms with van der Waals surface area (Å²) in [5.41, 5.74) is -0.450. The van der Waals surface area contributed by atoms with E-state index in [0.29, 0.717) is 0 Å². The molecule has 1 heterocycles. The maximum atomic E-state index is 9.34. The topological polar surface area (TPSA) is 48.3 Å². The molecular weight excluding hydrogens is 214 g/mol. The van der Waals surface area contributed by atoms with Crippen molar-refractivity contribution in [1.82, 2.24) is 10.2 Å². The third-order valence-electron chi connectivity index (χ3n) is 3.34. The second-order valence-corrected chi connectivity index (χ2v) is 5.66. The molecule has 0 aromatic heterocycles. The van der Waals surface area contributed by atoms with Crippen molar-refractivity contribution in [3.63, 3.8) is 0 Å². The molecule has 1 aliphatic rings. The van der Waals surface area contributed by atoms with Crippen LogP contribution >= 0.6 is 0 Å². The monoisotopic (exact) mass is 239 g/mol. The van der Waals surface area contributed by atoms with Crippen LogP contribution in [0.4, 0.5) is 0 Å². The first-order valence-corrected chi connectivity index (χ1v) is 6.42. The van der Waals surface area contributed by atoms with Crippen LogP contribution in [-0.4, -0.2) is 48.8 Å². The molecule has 1 saturated heterocycles. The van der Waals surface area contributed by atoms with Crippen molar-refractivity contribution in [1.29, 1.82) is 5.26 Å². The van der Waals surface area contributed by atoms with Gasteiger partial charge in [-0.2, -0.15) is 5.26 Å². The van der Waals surface area contributed by atoms with Crippen molar-refractivity contribution in [2.24, 2.45) is 0 Å². The molecule has 1 aliphatic heterocycles. The Morgan fingerprint density at radius 1 is 1.53 bits per heavy atom. The lowest BCUT2D eigenvalue weighted by atomic mass is 9.96. The lowest BCUT2D eigenvalue weighted by molar-refractivity contribution is -0.0573. The minimum Gasteiger partial charge on any atom is -0.378 e. The second-order valence-electron chi connectivity index (χ2n) is 5.66. The molecule has 0 saturated carbocycles. The molecule has 0 radical (unpaired) electrons. The molecule has 1 N–H and O–H groups in total. The van der Waals surface area contributed by atoms with E-state index >= 15 is 0 Å². The molecule has 0 spiro atoms. The number of nitrogens with zero attached hydrogens (tertiary/aromatic N) is 2. The van der Waals surface area contributed by atoms with Crippen LogP contribution in [0.1, 0.15) is 34.1 Å². The zero-order chi connectivity index (χ0) is 12.9. The van der Waals surface area contributed by atoms with E-state index in [2.05, 4.69) is 37.1 Å². The number of hydrogen-bond acceptors (Lipinski definition) is 4. The molecule has 0 bridgehead atoms. The van der Waals surface area contributed by atoms with Crippen LogP contribution in [-0.2, 0) is 4.74 Å². The smallest absolute Gasteiger partial charge is 0.116 e. The summed E-state index contributed by atoms with van der Waals surface area (Å²) in [6, 6.07) is 2.40. The maximum absolute atomic E-state index is 9.34. The fourth-order valence-electron chi connectivity index (χ4n) is 2.10. The Kier molecular flexibility index (Phi) is 4.93. The molecule has 0 aromatic rings. The van der Waals surface area contributed by atoms with Crippen LogP contribution in [0, 0.1) is 11.3 Å². The number of hydrogen-bond donors (Lipinski definition) is 1. The first kappa shape index (κ1) is 14.4. The third kappa shape index (κ3) is 3.95. The van der Waals surface area contributed by atoms with Crippen LogP contribution < -0.4 is 5.32 Å². The van der Waals surface area contributed by atoms with Gasteiger partial charge in [0, 0.05) is 18.6 Å². The van der Waals surface area contributed by atoms with Gasteiger partial charge in [-0.05, 0) is 33.7 Å². The Balaban J connectivity index is 2.63. The van der Waals surface area contributed by atoms with Gasteiger partial charge < -0.3 is 4.74 Å². The molecule has 1 unspecified atom stereocenters. The number of nitriles is 1. The fourth-order valence-corrected chi connectivity index (χ4v) is 2.10. The van der Waals surface area contributed by atoms with Crippen LogP contribution in [0.25, 0.3) is 0 Å². The molecule has 0 aromatic carbocycles. The number of rotatable bonds is 5. The lowest BCUT2D eigenvalue weighted by Gasteiger charge is -2.45. The summed E-state index contributed by atoms with van der Waals surface area (Å²) >= 11 is 0. The lowest BCUT2D eigenvalue weighted by Crippen LogP contribution is -2.60. The molecule has 1 fully saturated rings. The quantitative estimate of drug-likeness (QED) is 0.787. The van der Waals surface area contributed by atoms with Gasteiger partial charge in [0.15, 0.2) is 0 Å². The van der Waals surface area contributed by atoms with Crippen molar-refractivity contribution < 1.29 is 4.74 Å².